The van der Waals surface area contributed by atoms with Gasteiger partial charge in [0.15, 0.2) is 0 Å². The number of aryl methyl sites for hydroxylation is 1. The number of nitrogens with zero attached hydrogens (tertiary/aromatic N) is 2. The first-order valence-electron chi connectivity index (χ1n) is 6.05. The molecule has 1 aromatic heterocycles. The van der Waals surface area contributed by atoms with Gasteiger partial charge in [-0.1, -0.05) is 6.07 Å². The van der Waals surface area contributed by atoms with Crippen molar-refractivity contribution in [2.75, 3.05) is 0 Å². The van der Waals surface area contributed by atoms with E-state index in [1.165, 1.54) is 0 Å². The molecule has 0 bridgehead atoms. The number of carboxylic acids is 1. The zero-order chi connectivity index (χ0) is 14.3. The summed E-state index contributed by atoms with van der Waals surface area (Å²) in [6.07, 6.45) is 0. The number of benzene rings is 2. The number of carbonyl (C=O) groups is 1. The van der Waals surface area contributed by atoms with Crippen LogP contribution in [0.5, 0.6) is 0 Å². The first-order chi connectivity index (χ1) is 9.58. The van der Waals surface area contributed by atoms with E-state index < -0.39 is 5.97 Å². The molecule has 0 saturated carbocycles. The van der Waals surface area contributed by atoms with E-state index in [1.54, 1.807) is 12.1 Å². The van der Waals surface area contributed by atoms with E-state index in [2.05, 4.69) is 27.6 Å². The number of fused-ring (bicyclic) bond motifs is 1. The fraction of sp³-hybridized carbons (Fsp3) is 0.0667. The number of halogens is 1. The van der Waals surface area contributed by atoms with Crippen molar-refractivity contribution < 1.29 is 9.90 Å². The van der Waals surface area contributed by atoms with Crippen LogP contribution >= 0.6 is 22.6 Å². The van der Waals surface area contributed by atoms with Crippen LogP contribution in [0, 0.1) is 10.5 Å². The molecule has 100 valence electrons. The van der Waals surface area contributed by atoms with Crippen molar-refractivity contribution in [3.8, 4) is 5.69 Å². The van der Waals surface area contributed by atoms with Gasteiger partial charge in [-0.2, -0.15) is 0 Å². The summed E-state index contributed by atoms with van der Waals surface area (Å²) in [7, 11) is 0. The van der Waals surface area contributed by atoms with Gasteiger partial charge in [0.05, 0.1) is 16.6 Å². The molecule has 0 amide bonds. The molecule has 0 atom stereocenters. The van der Waals surface area contributed by atoms with Gasteiger partial charge in [0.1, 0.15) is 5.82 Å². The first kappa shape index (κ1) is 13.1. The third-order valence-electron chi connectivity index (χ3n) is 3.16. The molecule has 0 spiro atoms. The molecule has 1 heterocycles. The predicted molar refractivity (Wildman–Crippen MR) is 85.5 cm³/mol. The highest BCUT2D eigenvalue weighted by Crippen LogP contribution is 2.25. The number of para-hydroxylation sites is 1. The number of aromatic nitrogens is 2. The number of hydrogen-bond donors (Lipinski definition) is 1. The largest absolute Gasteiger partial charge is 0.478 e. The molecule has 4 nitrogen and oxygen atoms in total. The molecule has 0 unspecified atom stereocenters. The molecule has 5 heteroatoms. The Bertz CT molecular complexity index is 807. The Hall–Kier alpha value is -1.89. The number of aromatic carboxylic acids is 1. The number of carboxylic acid groups (broad SMARTS) is 1. The lowest BCUT2D eigenvalue weighted by Crippen LogP contribution is -2.03. The van der Waals surface area contributed by atoms with Gasteiger partial charge in [0.2, 0.25) is 0 Å². The molecule has 20 heavy (non-hydrogen) atoms. The quantitative estimate of drug-likeness (QED) is 0.693. The van der Waals surface area contributed by atoms with Crippen molar-refractivity contribution in [1.82, 2.24) is 9.55 Å². The van der Waals surface area contributed by atoms with Crippen molar-refractivity contribution >= 4 is 39.6 Å². The number of rotatable bonds is 2. The average Bonchev–Trinajstić information content (AvgIpc) is 2.75. The predicted octanol–water partition coefficient (Wildman–Crippen LogP) is 3.64. The second-order valence-electron chi connectivity index (χ2n) is 4.45. The molecule has 0 fully saturated rings. The van der Waals surface area contributed by atoms with Crippen molar-refractivity contribution in [2.24, 2.45) is 0 Å². The van der Waals surface area contributed by atoms with Crippen LogP contribution in [0.1, 0.15) is 16.2 Å². The summed E-state index contributed by atoms with van der Waals surface area (Å²) >= 11 is 2.24. The van der Waals surface area contributed by atoms with Gasteiger partial charge in [0, 0.05) is 9.26 Å². The van der Waals surface area contributed by atoms with Gasteiger partial charge >= 0.3 is 5.97 Å². The van der Waals surface area contributed by atoms with Crippen LogP contribution in [0.3, 0.4) is 0 Å². The van der Waals surface area contributed by atoms with Crippen molar-refractivity contribution in [2.45, 2.75) is 6.92 Å². The van der Waals surface area contributed by atoms with Gasteiger partial charge in [0.25, 0.3) is 0 Å². The maximum absolute atomic E-state index is 11.4. The zero-order valence-electron chi connectivity index (χ0n) is 10.7. The Morgan fingerprint density at radius 1 is 1.20 bits per heavy atom. The Morgan fingerprint density at radius 3 is 2.55 bits per heavy atom. The maximum atomic E-state index is 11.4. The summed E-state index contributed by atoms with van der Waals surface area (Å²) in [5.74, 6) is -0.169. The molecule has 3 aromatic rings. The van der Waals surface area contributed by atoms with E-state index in [0.717, 1.165) is 15.1 Å². The van der Waals surface area contributed by atoms with Crippen LogP contribution in [-0.2, 0) is 0 Å². The summed E-state index contributed by atoms with van der Waals surface area (Å²) < 4.78 is 3.02. The van der Waals surface area contributed by atoms with Crippen LogP contribution < -0.4 is 0 Å². The lowest BCUT2D eigenvalue weighted by atomic mass is 10.2. The van der Waals surface area contributed by atoms with Crippen LogP contribution in [0.25, 0.3) is 16.7 Å². The average molecular weight is 378 g/mol. The molecule has 0 radical (unpaired) electrons. The Balaban J connectivity index is 2.37. The molecule has 2 aromatic carbocycles. The second kappa shape index (κ2) is 4.90. The summed E-state index contributed by atoms with van der Waals surface area (Å²) in [6.45, 7) is 1.88. The SMILES string of the molecule is Cc1nc2cccc(C(=O)O)c2n1-c1ccc(I)cc1. The van der Waals surface area contributed by atoms with Gasteiger partial charge in [-0.3, -0.25) is 4.57 Å². The first-order valence-corrected chi connectivity index (χ1v) is 7.13. The van der Waals surface area contributed by atoms with E-state index in [9.17, 15) is 9.90 Å². The minimum atomic E-state index is -0.942. The highest BCUT2D eigenvalue weighted by Gasteiger charge is 2.16. The van der Waals surface area contributed by atoms with E-state index in [1.807, 2.05) is 41.8 Å². The van der Waals surface area contributed by atoms with Gasteiger partial charge < -0.3 is 5.11 Å². The summed E-state index contributed by atoms with van der Waals surface area (Å²) in [5, 5.41) is 9.37. The van der Waals surface area contributed by atoms with Crippen LogP contribution in [-0.4, -0.2) is 20.6 Å². The Kier molecular flexibility index (Phi) is 3.21. The topological polar surface area (TPSA) is 55.1 Å². The molecule has 0 aliphatic heterocycles. The van der Waals surface area contributed by atoms with Gasteiger partial charge in [-0.05, 0) is 65.9 Å². The molecule has 1 N–H and O–H groups in total. The lowest BCUT2D eigenvalue weighted by Gasteiger charge is -2.08. The minimum Gasteiger partial charge on any atom is -0.478 e. The minimum absolute atomic E-state index is 0.265. The Labute approximate surface area is 129 Å². The smallest absolute Gasteiger partial charge is 0.337 e. The van der Waals surface area contributed by atoms with Crippen LogP contribution in [0.2, 0.25) is 0 Å². The van der Waals surface area contributed by atoms with E-state index >= 15 is 0 Å². The Morgan fingerprint density at radius 2 is 1.90 bits per heavy atom. The van der Waals surface area contributed by atoms with Gasteiger partial charge in [-0.25, -0.2) is 9.78 Å². The number of hydrogen-bond acceptors (Lipinski definition) is 2. The molecule has 0 aliphatic rings. The fourth-order valence-electron chi connectivity index (χ4n) is 2.32. The highest BCUT2D eigenvalue weighted by molar-refractivity contribution is 14.1. The normalized spacial score (nSPS) is 10.9. The molecule has 0 saturated heterocycles. The van der Waals surface area contributed by atoms with Crippen molar-refractivity contribution in [3.05, 3.63) is 57.4 Å². The van der Waals surface area contributed by atoms with Gasteiger partial charge in [-0.15, -0.1) is 0 Å². The van der Waals surface area contributed by atoms with E-state index in [4.69, 9.17) is 0 Å². The highest BCUT2D eigenvalue weighted by atomic mass is 127. The molecule has 3 rings (SSSR count). The third kappa shape index (κ3) is 2.07. The summed E-state index contributed by atoms with van der Waals surface area (Å²) in [5.41, 5.74) is 2.51. The zero-order valence-corrected chi connectivity index (χ0v) is 12.8. The third-order valence-corrected chi connectivity index (χ3v) is 3.88. The van der Waals surface area contributed by atoms with E-state index in [-0.39, 0.29) is 5.56 Å². The van der Waals surface area contributed by atoms with Crippen LogP contribution in [0.15, 0.2) is 42.5 Å². The van der Waals surface area contributed by atoms with Crippen molar-refractivity contribution in [3.63, 3.8) is 0 Å². The second-order valence-corrected chi connectivity index (χ2v) is 5.69. The molecular formula is C15H11IN2O2. The summed E-state index contributed by atoms with van der Waals surface area (Å²) in [6, 6.07) is 13.1. The van der Waals surface area contributed by atoms with Crippen molar-refractivity contribution in [1.29, 1.82) is 0 Å². The number of imidazole rings is 1. The monoisotopic (exact) mass is 378 g/mol. The standard InChI is InChI=1S/C15H11IN2O2/c1-9-17-13-4-2-3-12(15(19)20)14(13)18(9)11-7-5-10(16)6-8-11/h2-8H,1H3,(H,19,20). The van der Waals surface area contributed by atoms with E-state index in [0.29, 0.717) is 11.0 Å². The summed E-state index contributed by atoms with van der Waals surface area (Å²) in [4.78, 5) is 15.9. The maximum Gasteiger partial charge on any atom is 0.337 e. The fourth-order valence-corrected chi connectivity index (χ4v) is 2.68. The molecular weight excluding hydrogens is 367 g/mol. The molecule has 0 aliphatic carbocycles. The van der Waals surface area contributed by atoms with Crippen LogP contribution in [0.4, 0.5) is 0 Å². The lowest BCUT2D eigenvalue weighted by molar-refractivity contribution is 0.0698.